The molecule has 26 heavy (non-hydrogen) atoms. The van der Waals surface area contributed by atoms with Crippen molar-refractivity contribution in [2.45, 2.75) is 19.3 Å². The number of likely N-dealkylation sites (tertiary alicyclic amines) is 1. The molecule has 0 spiro atoms. The maximum atomic E-state index is 12.8. The zero-order valence-corrected chi connectivity index (χ0v) is 14.8. The van der Waals surface area contributed by atoms with E-state index in [0.29, 0.717) is 32.4 Å². The molecule has 0 aliphatic carbocycles. The SMILES string of the molecule is [C-]#[N+]c1ccc(-c2cnc3c(N)c(C(=O)N4CCCCC4)sc3n2)cn1. The number of pyridine rings is 1. The van der Waals surface area contributed by atoms with E-state index in [-0.39, 0.29) is 5.91 Å². The van der Waals surface area contributed by atoms with Crippen LogP contribution in [0.3, 0.4) is 0 Å². The summed E-state index contributed by atoms with van der Waals surface area (Å²) in [6.45, 7) is 8.52. The van der Waals surface area contributed by atoms with Gasteiger partial charge in [-0.15, -0.1) is 16.3 Å². The quantitative estimate of drug-likeness (QED) is 0.703. The molecule has 0 atom stereocenters. The second kappa shape index (κ2) is 6.69. The van der Waals surface area contributed by atoms with Gasteiger partial charge in [-0.3, -0.25) is 4.79 Å². The fraction of sp³-hybridized carbons (Fsp3) is 0.278. The molecule has 2 N–H and O–H groups in total. The fourth-order valence-corrected chi connectivity index (χ4v) is 4.05. The first-order valence-corrected chi connectivity index (χ1v) is 9.17. The van der Waals surface area contributed by atoms with Crippen molar-refractivity contribution in [3.8, 4) is 11.3 Å². The van der Waals surface area contributed by atoms with Crippen LogP contribution in [0.2, 0.25) is 0 Å². The third-order valence-corrected chi connectivity index (χ3v) is 5.51. The Kier molecular flexibility index (Phi) is 4.22. The number of piperidine rings is 1. The lowest BCUT2D eigenvalue weighted by molar-refractivity contribution is 0.0730. The molecule has 3 aromatic rings. The summed E-state index contributed by atoms with van der Waals surface area (Å²) in [5.74, 6) is 0.300. The van der Waals surface area contributed by atoms with Crippen molar-refractivity contribution in [3.05, 3.63) is 40.8 Å². The van der Waals surface area contributed by atoms with Gasteiger partial charge in [0, 0.05) is 18.7 Å². The molecule has 1 fully saturated rings. The van der Waals surface area contributed by atoms with E-state index in [4.69, 9.17) is 12.3 Å². The van der Waals surface area contributed by atoms with E-state index in [1.165, 1.54) is 17.8 Å². The second-order valence-electron chi connectivity index (χ2n) is 6.12. The average Bonchev–Trinajstić information content (AvgIpc) is 3.04. The third kappa shape index (κ3) is 2.86. The predicted octanol–water partition coefficient (Wildman–Crippen LogP) is 3.51. The molecule has 0 unspecified atom stereocenters. The topological polar surface area (TPSA) is 89.4 Å². The van der Waals surface area contributed by atoms with Crippen molar-refractivity contribution in [1.29, 1.82) is 0 Å². The molecule has 4 heterocycles. The molecule has 0 radical (unpaired) electrons. The fourth-order valence-electron chi connectivity index (χ4n) is 3.03. The number of fused-ring (bicyclic) bond motifs is 1. The van der Waals surface area contributed by atoms with E-state index < -0.39 is 0 Å². The van der Waals surface area contributed by atoms with Crippen LogP contribution in [0.1, 0.15) is 28.9 Å². The van der Waals surface area contributed by atoms with E-state index in [1.54, 1.807) is 24.5 Å². The van der Waals surface area contributed by atoms with Crippen molar-refractivity contribution in [1.82, 2.24) is 19.9 Å². The van der Waals surface area contributed by atoms with Gasteiger partial charge in [0.25, 0.3) is 11.7 Å². The Balaban J connectivity index is 1.70. The highest BCUT2D eigenvalue weighted by molar-refractivity contribution is 7.21. The first-order chi connectivity index (χ1) is 12.7. The monoisotopic (exact) mass is 364 g/mol. The molecule has 0 bridgehead atoms. The number of anilines is 1. The van der Waals surface area contributed by atoms with E-state index >= 15 is 0 Å². The van der Waals surface area contributed by atoms with Gasteiger partial charge in [-0.05, 0) is 25.3 Å². The molecule has 3 aromatic heterocycles. The summed E-state index contributed by atoms with van der Waals surface area (Å²) in [6, 6.07) is 3.43. The van der Waals surface area contributed by atoms with Crippen LogP contribution >= 0.6 is 11.3 Å². The van der Waals surface area contributed by atoms with Gasteiger partial charge in [0.05, 0.1) is 17.6 Å². The van der Waals surface area contributed by atoms with Crippen LogP contribution in [-0.4, -0.2) is 38.8 Å². The predicted molar refractivity (Wildman–Crippen MR) is 101 cm³/mol. The van der Waals surface area contributed by atoms with Gasteiger partial charge in [0.1, 0.15) is 21.4 Å². The number of nitrogens with zero attached hydrogens (tertiary/aromatic N) is 5. The van der Waals surface area contributed by atoms with Crippen molar-refractivity contribution >= 4 is 39.1 Å². The third-order valence-electron chi connectivity index (χ3n) is 4.43. The number of nitrogens with two attached hydrogens (primary N) is 1. The number of carbonyl (C=O) groups excluding carboxylic acids is 1. The van der Waals surface area contributed by atoms with Gasteiger partial charge in [-0.1, -0.05) is 12.6 Å². The Morgan fingerprint density at radius 2 is 2.00 bits per heavy atom. The van der Waals surface area contributed by atoms with Crippen LogP contribution in [-0.2, 0) is 0 Å². The molecule has 1 amide bonds. The number of aromatic nitrogens is 3. The maximum Gasteiger partial charge on any atom is 0.269 e. The van der Waals surface area contributed by atoms with E-state index in [2.05, 4.69) is 19.8 Å². The van der Waals surface area contributed by atoms with Crippen LogP contribution in [0, 0.1) is 6.57 Å². The van der Waals surface area contributed by atoms with Gasteiger partial charge >= 0.3 is 0 Å². The highest BCUT2D eigenvalue weighted by atomic mass is 32.1. The molecule has 7 nitrogen and oxygen atoms in total. The number of hydrogen-bond acceptors (Lipinski definition) is 6. The summed E-state index contributed by atoms with van der Waals surface area (Å²) in [6.07, 6.45) is 6.45. The van der Waals surface area contributed by atoms with Crippen LogP contribution in [0.15, 0.2) is 24.5 Å². The minimum Gasteiger partial charge on any atom is -0.396 e. The lowest BCUT2D eigenvalue weighted by Crippen LogP contribution is -2.35. The molecule has 1 aliphatic heterocycles. The smallest absolute Gasteiger partial charge is 0.269 e. The normalized spacial score (nSPS) is 14.3. The highest BCUT2D eigenvalue weighted by Gasteiger charge is 2.24. The van der Waals surface area contributed by atoms with Gasteiger partial charge in [-0.2, -0.15) is 0 Å². The second-order valence-corrected chi connectivity index (χ2v) is 7.12. The Labute approximate surface area is 154 Å². The Morgan fingerprint density at radius 1 is 1.19 bits per heavy atom. The van der Waals surface area contributed by atoms with E-state index in [1.807, 2.05) is 4.90 Å². The molecule has 1 saturated heterocycles. The van der Waals surface area contributed by atoms with Gasteiger partial charge in [0.15, 0.2) is 0 Å². The zero-order chi connectivity index (χ0) is 18.1. The number of thiophene rings is 1. The Morgan fingerprint density at radius 3 is 2.69 bits per heavy atom. The zero-order valence-electron chi connectivity index (χ0n) is 14.0. The van der Waals surface area contributed by atoms with Crippen LogP contribution in [0.4, 0.5) is 11.5 Å². The highest BCUT2D eigenvalue weighted by Crippen LogP contribution is 2.33. The summed E-state index contributed by atoms with van der Waals surface area (Å²) >= 11 is 1.28. The first kappa shape index (κ1) is 16.4. The number of carbonyl (C=O) groups is 1. The number of nitrogen functional groups attached to an aromatic ring is 1. The first-order valence-electron chi connectivity index (χ1n) is 8.35. The molecular weight excluding hydrogens is 348 g/mol. The average molecular weight is 364 g/mol. The van der Waals surface area contributed by atoms with Crippen LogP contribution < -0.4 is 5.73 Å². The van der Waals surface area contributed by atoms with Crippen LogP contribution in [0.25, 0.3) is 26.4 Å². The Bertz CT molecular complexity index is 1010. The summed E-state index contributed by atoms with van der Waals surface area (Å²) in [4.78, 5) is 32.1. The van der Waals surface area contributed by atoms with Crippen molar-refractivity contribution in [2.24, 2.45) is 0 Å². The summed E-state index contributed by atoms with van der Waals surface area (Å²) in [5, 5.41) is 0. The largest absolute Gasteiger partial charge is 0.396 e. The molecule has 4 rings (SSSR count). The molecule has 130 valence electrons. The summed E-state index contributed by atoms with van der Waals surface area (Å²) in [7, 11) is 0. The van der Waals surface area contributed by atoms with Crippen LogP contribution in [0.5, 0.6) is 0 Å². The standard InChI is InChI=1S/C18H16N6OS/c1-20-13-6-5-11(9-21-13)12-10-22-15-14(19)16(26-17(15)23-12)18(25)24-7-3-2-4-8-24/h5-6,9-10H,2-4,7-8,19H2. The minimum absolute atomic E-state index is 0.0309. The molecule has 8 heteroatoms. The van der Waals surface area contributed by atoms with E-state index in [0.717, 1.165) is 31.5 Å². The number of hydrogen-bond donors (Lipinski definition) is 1. The summed E-state index contributed by atoms with van der Waals surface area (Å²) in [5.41, 5.74) is 8.56. The maximum absolute atomic E-state index is 12.8. The van der Waals surface area contributed by atoms with Crippen molar-refractivity contribution in [3.63, 3.8) is 0 Å². The van der Waals surface area contributed by atoms with Gasteiger partial charge in [0.2, 0.25) is 0 Å². The molecular formula is C18H16N6OS. The molecule has 0 saturated carbocycles. The summed E-state index contributed by atoms with van der Waals surface area (Å²) < 4.78 is 0. The lowest BCUT2D eigenvalue weighted by Gasteiger charge is -2.26. The lowest BCUT2D eigenvalue weighted by atomic mass is 10.1. The Hall–Kier alpha value is -3.05. The van der Waals surface area contributed by atoms with Gasteiger partial charge < -0.3 is 15.5 Å². The van der Waals surface area contributed by atoms with Crippen molar-refractivity contribution < 1.29 is 4.79 Å². The molecule has 1 aliphatic rings. The van der Waals surface area contributed by atoms with Gasteiger partial charge in [-0.25, -0.2) is 9.97 Å². The number of rotatable bonds is 2. The van der Waals surface area contributed by atoms with E-state index in [9.17, 15) is 4.79 Å². The number of amides is 1. The minimum atomic E-state index is -0.0309. The van der Waals surface area contributed by atoms with Crippen molar-refractivity contribution in [2.75, 3.05) is 18.8 Å². The molecule has 0 aromatic carbocycles.